The normalized spacial score (nSPS) is 16.3. The fourth-order valence-electron chi connectivity index (χ4n) is 2.16. The third kappa shape index (κ3) is 2.80. The van der Waals surface area contributed by atoms with Gasteiger partial charge in [0, 0.05) is 12.2 Å². The molecule has 1 amide bonds. The van der Waals surface area contributed by atoms with Gasteiger partial charge in [-0.15, -0.1) is 0 Å². The molecule has 1 aliphatic rings. The first-order valence-corrected chi connectivity index (χ1v) is 7.72. The number of hydrogen-bond donors (Lipinski definition) is 2. The number of anilines is 1. The van der Waals surface area contributed by atoms with Gasteiger partial charge in [-0.05, 0) is 49.0 Å². The molecule has 2 rings (SSSR count). The van der Waals surface area contributed by atoms with Crippen molar-refractivity contribution in [3.63, 3.8) is 0 Å². The number of rotatable bonds is 6. The molecule has 18 heavy (non-hydrogen) atoms. The fourth-order valence-corrected chi connectivity index (χ4v) is 2.59. The van der Waals surface area contributed by atoms with Crippen LogP contribution in [0.2, 0.25) is 0 Å². The van der Waals surface area contributed by atoms with E-state index in [0.717, 1.165) is 42.8 Å². The van der Waals surface area contributed by atoms with Crippen LogP contribution in [0, 0.1) is 0 Å². The number of carbonyl (C=O) groups excluding carboxylic acids is 1. The minimum absolute atomic E-state index is 0.174. The highest BCUT2D eigenvalue weighted by molar-refractivity contribution is 7.98. The zero-order valence-corrected chi connectivity index (χ0v) is 11.6. The molecule has 98 valence electrons. The Labute approximate surface area is 113 Å². The standard InChI is InChI=1S/C14H20N2OS/c1-18-10-2-9-16-13(17)14(7-8-14)11-3-5-12(15)6-4-11/h3-6H,2,7-10,15H2,1H3,(H,16,17). The van der Waals surface area contributed by atoms with Gasteiger partial charge < -0.3 is 11.1 Å². The lowest BCUT2D eigenvalue weighted by molar-refractivity contribution is -0.123. The van der Waals surface area contributed by atoms with E-state index in [4.69, 9.17) is 5.73 Å². The lowest BCUT2D eigenvalue weighted by Crippen LogP contribution is -2.35. The quantitative estimate of drug-likeness (QED) is 0.611. The lowest BCUT2D eigenvalue weighted by atomic mass is 9.95. The Morgan fingerprint density at radius 1 is 1.39 bits per heavy atom. The van der Waals surface area contributed by atoms with E-state index < -0.39 is 0 Å². The van der Waals surface area contributed by atoms with Crippen molar-refractivity contribution in [1.82, 2.24) is 5.32 Å². The molecule has 1 aromatic carbocycles. The Kier molecular flexibility index (Phi) is 4.17. The minimum Gasteiger partial charge on any atom is -0.399 e. The number of hydrogen-bond acceptors (Lipinski definition) is 3. The number of nitrogen functional groups attached to an aromatic ring is 1. The molecule has 0 bridgehead atoms. The van der Waals surface area contributed by atoms with E-state index in [1.54, 1.807) is 0 Å². The molecule has 0 radical (unpaired) electrons. The van der Waals surface area contributed by atoms with Crippen LogP contribution >= 0.6 is 11.8 Å². The number of benzene rings is 1. The minimum atomic E-state index is -0.271. The predicted molar refractivity (Wildman–Crippen MR) is 77.8 cm³/mol. The second kappa shape index (κ2) is 5.65. The van der Waals surface area contributed by atoms with Crippen molar-refractivity contribution in [3.05, 3.63) is 29.8 Å². The Balaban J connectivity index is 1.94. The van der Waals surface area contributed by atoms with Gasteiger partial charge in [-0.25, -0.2) is 0 Å². The van der Waals surface area contributed by atoms with Crippen molar-refractivity contribution in [3.8, 4) is 0 Å². The molecule has 3 N–H and O–H groups in total. The summed E-state index contributed by atoms with van der Waals surface area (Å²) in [6.07, 6.45) is 5.01. The van der Waals surface area contributed by atoms with Crippen LogP contribution in [-0.2, 0) is 10.2 Å². The first-order valence-electron chi connectivity index (χ1n) is 6.32. The van der Waals surface area contributed by atoms with Crippen LogP contribution in [0.25, 0.3) is 0 Å². The second-order valence-electron chi connectivity index (χ2n) is 4.81. The Morgan fingerprint density at radius 2 is 2.06 bits per heavy atom. The Morgan fingerprint density at radius 3 is 2.61 bits per heavy atom. The average molecular weight is 264 g/mol. The first-order chi connectivity index (χ1) is 8.69. The summed E-state index contributed by atoms with van der Waals surface area (Å²) in [7, 11) is 0. The largest absolute Gasteiger partial charge is 0.399 e. The maximum absolute atomic E-state index is 12.2. The fraction of sp³-hybridized carbons (Fsp3) is 0.500. The number of nitrogens with two attached hydrogens (primary N) is 1. The van der Waals surface area contributed by atoms with Crippen molar-refractivity contribution in [1.29, 1.82) is 0 Å². The van der Waals surface area contributed by atoms with E-state index in [9.17, 15) is 4.79 Å². The molecule has 0 spiro atoms. The van der Waals surface area contributed by atoms with Gasteiger partial charge in [0.25, 0.3) is 0 Å². The van der Waals surface area contributed by atoms with Gasteiger partial charge in [-0.3, -0.25) is 4.79 Å². The average Bonchev–Trinajstić information content (AvgIpc) is 3.17. The van der Waals surface area contributed by atoms with Crippen LogP contribution in [0.15, 0.2) is 24.3 Å². The van der Waals surface area contributed by atoms with Crippen molar-refractivity contribution >= 4 is 23.4 Å². The van der Waals surface area contributed by atoms with Gasteiger partial charge in [-0.2, -0.15) is 11.8 Å². The van der Waals surface area contributed by atoms with Crippen LogP contribution in [0.3, 0.4) is 0 Å². The zero-order valence-electron chi connectivity index (χ0n) is 10.7. The molecular formula is C14H20N2OS. The molecule has 0 aromatic heterocycles. The SMILES string of the molecule is CSCCCNC(=O)C1(c2ccc(N)cc2)CC1. The van der Waals surface area contributed by atoms with Crippen LogP contribution in [-0.4, -0.2) is 24.5 Å². The predicted octanol–water partition coefficient (Wildman–Crippen LogP) is 2.17. The summed E-state index contributed by atoms with van der Waals surface area (Å²) in [4.78, 5) is 12.2. The van der Waals surface area contributed by atoms with Crippen molar-refractivity contribution in [2.45, 2.75) is 24.7 Å². The first kappa shape index (κ1) is 13.3. The maximum atomic E-state index is 12.2. The number of carbonyl (C=O) groups is 1. The molecule has 1 fully saturated rings. The van der Waals surface area contributed by atoms with Crippen LogP contribution in [0.4, 0.5) is 5.69 Å². The third-order valence-corrected chi connectivity index (χ3v) is 4.16. The summed E-state index contributed by atoms with van der Waals surface area (Å²) in [5.41, 5.74) is 7.25. The van der Waals surface area contributed by atoms with E-state index in [0.29, 0.717) is 0 Å². The van der Waals surface area contributed by atoms with Crippen molar-refractivity contribution < 1.29 is 4.79 Å². The zero-order chi connectivity index (χ0) is 13.0. The molecule has 1 saturated carbocycles. The molecule has 0 atom stereocenters. The van der Waals surface area contributed by atoms with Crippen LogP contribution in [0.5, 0.6) is 0 Å². The summed E-state index contributed by atoms with van der Waals surface area (Å²) >= 11 is 1.81. The number of nitrogens with one attached hydrogen (secondary N) is 1. The van der Waals surface area contributed by atoms with Crippen LogP contribution in [0.1, 0.15) is 24.8 Å². The molecule has 4 heteroatoms. The third-order valence-electron chi connectivity index (χ3n) is 3.46. The summed E-state index contributed by atoms with van der Waals surface area (Å²) in [5, 5.41) is 3.05. The summed E-state index contributed by atoms with van der Waals surface area (Å²) in [5.74, 6) is 1.27. The highest BCUT2D eigenvalue weighted by Crippen LogP contribution is 2.48. The number of amides is 1. The van der Waals surface area contributed by atoms with Gasteiger partial charge in [0.2, 0.25) is 5.91 Å². The summed E-state index contributed by atoms with van der Waals surface area (Å²) in [6, 6.07) is 7.69. The van der Waals surface area contributed by atoms with Crippen LogP contribution < -0.4 is 11.1 Å². The van der Waals surface area contributed by atoms with E-state index >= 15 is 0 Å². The molecule has 0 heterocycles. The van der Waals surface area contributed by atoms with E-state index in [2.05, 4.69) is 11.6 Å². The van der Waals surface area contributed by atoms with E-state index in [1.165, 1.54) is 0 Å². The van der Waals surface area contributed by atoms with Crippen molar-refractivity contribution in [2.75, 3.05) is 24.3 Å². The molecule has 3 nitrogen and oxygen atoms in total. The van der Waals surface area contributed by atoms with Crippen molar-refractivity contribution in [2.24, 2.45) is 0 Å². The van der Waals surface area contributed by atoms with Gasteiger partial charge in [0.1, 0.15) is 0 Å². The molecule has 0 saturated heterocycles. The molecule has 1 aliphatic carbocycles. The second-order valence-corrected chi connectivity index (χ2v) is 5.79. The van der Waals surface area contributed by atoms with Gasteiger partial charge in [-0.1, -0.05) is 12.1 Å². The lowest BCUT2D eigenvalue weighted by Gasteiger charge is -2.15. The Bertz CT molecular complexity index is 412. The summed E-state index contributed by atoms with van der Waals surface area (Å²) in [6.45, 7) is 0.774. The molecule has 0 aliphatic heterocycles. The monoisotopic (exact) mass is 264 g/mol. The summed E-state index contributed by atoms with van der Waals surface area (Å²) < 4.78 is 0. The Hall–Kier alpha value is -1.16. The highest BCUT2D eigenvalue weighted by Gasteiger charge is 2.50. The van der Waals surface area contributed by atoms with E-state index in [1.807, 2.05) is 36.0 Å². The van der Waals surface area contributed by atoms with E-state index in [-0.39, 0.29) is 11.3 Å². The van der Waals surface area contributed by atoms with Gasteiger partial charge >= 0.3 is 0 Å². The van der Waals surface area contributed by atoms with Gasteiger partial charge in [0.05, 0.1) is 5.41 Å². The smallest absolute Gasteiger partial charge is 0.230 e. The topological polar surface area (TPSA) is 55.1 Å². The number of thioether (sulfide) groups is 1. The maximum Gasteiger partial charge on any atom is 0.230 e. The molecular weight excluding hydrogens is 244 g/mol. The van der Waals surface area contributed by atoms with Gasteiger partial charge in [0.15, 0.2) is 0 Å². The molecule has 0 unspecified atom stereocenters. The molecule has 1 aromatic rings. The highest BCUT2D eigenvalue weighted by atomic mass is 32.2.